The molecule has 0 aliphatic carbocycles. The van der Waals surface area contributed by atoms with Gasteiger partial charge in [-0.2, -0.15) is 0 Å². The number of sulfonamides is 1. The molecule has 1 aromatic rings. The van der Waals surface area contributed by atoms with Crippen LogP contribution >= 0.6 is 15.9 Å². The van der Waals surface area contributed by atoms with E-state index < -0.39 is 10.0 Å². The van der Waals surface area contributed by atoms with Gasteiger partial charge >= 0.3 is 0 Å². The molecular formula is C15H24BrNO2S. The molecule has 0 unspecified atom stereocenters. The van der Waals surface area contributed by atoms with Crippen LogP contribution in [0, 0.1) is 5.41 Å². The number of rotatable bonds is 8. The second-order valence-corrected chi connectivity index (χ2v) is 8.58. The standard InChI is InChI=1S/C15H24BrNO2S/c1-4-5-6-11-15(2,3)12-17-20(18,19)14-9-7-13(16)8-10-14/h7-10,17H,4-6,11-12H2,1-3H3. The monoisotopic (exact) mass is 361 g/mol. The molecule has 114 valence electrons. The van der Waals surface area contributed by atoms with Crippen LogP contribution < -0.4 is 4.72 Å². The fourth-order valence-electron chi connectivity index (χ4n) is 1.93. The molecule has 0 aliphatic heterocycles. The van der Waals surface area contributed by atoms with E-state index in [0.29, 0.717) is 11.4 Å². The molecule has 1 rings (SSSR count). The Morgan fingerprint density at radius 1 is 1.15 bits per heavy atom. The topological polar surface area (TPSA) is 46.2 Å². The molecule has 0 fully saturated rings. The predicted octanol–water partition coefficient (Wildman–Crippen LogP) is 4.33. The number of halogens is 1. The lowest BCUT2D eigenvalue weighted by atomic mass is 9.87. The first-order chi connectivity index (χ1) is 9.27. The molecule has 1 N–H and O–H groups in total. The number of benzene rings is 1. The van der Waals surface area contributed by atoms with E-state index in [0.717, 1.165) is 17.3 Å². The van der Waals surface area contributed by atoms with Gasteiger partial charge in [0.05, 0.1) is 4.90 Å². The van der Waals surface area contributed by atoms with E-state index in [1.807, 2.05) is 0 Å². The summed E-state index contributed by atoms with van der Waals surface area (Å²) in [6.07, 6.45) is 4.55. The van der Waals surface area contributed by atoms with Gasteiger partial charge in [0.1, 0.15) is 0 Å². The number of nitrogens with one attached hydrogen (secondary N) is 1. The molecule has 0 saturated heterocycles. The minimum Gasteiger partial charge on any atom is -0.211 e. The minimum absolute atomic E-state index is 0.0163. The predicted molar refractivity (Wildman–Crippen MR) is 87.3 cm³/mol. The van der Waals surface area contributed by atoms with Crippen LogP contribution in [0.25, 0.3) is 0 Å². The molecule has 0 spiro atoms. The summed E-state index contributed by atoms with van der Waals surface area (Å²) in [5.41, 5.74) is -0.0163. The summed E-state index contributed by atoms with van der Waals surface area (Å²) in [5, 5.41) is 0. The van der Waals surface area contributed by atoms with Crippen molar-refractivity contribution in [3.63, 3.8) is 0 Å². The number of hydrogen-bond acceptors (Lipinski definition) is 2. The first-order valence-electron chi connectivity index (χ1n) is 7.02. The molecule has 0 amide bonds. The lowest BCUT2D eigenvalue weighted by Crippen LogP contribution is -2.34. The van der Waals surface area contributed by atoms with Gasteiger partial charge in [-0.05, 0) is 36.1 Å². The zero-order valence-corrected chi connectivity index (χ0v) is 14.9. The molecule has 0 aliphatic rings. The smallest absolute Gasteiger partial charge is 0.211 e. The van der Waals surface area contributed by atoms with Crippen LogP contribution in [0.2, 0.25) is 0 Å². The highest BCUT2D eigenvalue weighted by Gasteiger charge is 2.21. The highest BCUT2D eigenvalue weighted by atomic mass is 79.9. The third-order valence-corrected chi connectivity index (χ3v) is 5.27. The molecule has 3 nitrogen and oxygen atoms in total. The highest BCUT2D eigenvalue weighted by Crippen LogP contribution is 2.23. The van der Waals surface area contributed by atoms with Gasteiger partial charge in [0.25, 0.3) is 0 Å². The van der Waals surface area contributed by atoms with E-state index in [-0.39, 0.29) is 5.41 Å². The zero-order valence-electron chi connectivity index (χ0n) is 12.4. The van der Waals surface area contributed by atoms with Crippen molar-refractivity contribution in [2.45, 2.75) is 51.3 Å². The first kappa shape index (κ1) is 17.7. The third-order valence-electron chi connectivity index (χ3n) is 3.32. The molecule has 1 aromatic carbocycles. The largest absolute Gasteiger partial charge is 0.240 e. The zero-order chi connectivity index (χ0) is 15.2. The van der Waals surface area contributed by atoms with Gasteiger partial charge in [-0.15, -0.1) is 0 Å². The van der Waals surface area contributed by atoms with Crippen molar-refractivity contribution in [1.82, 2.24) is 4.72 Å². The molecule has 0 radical (unpaired) electrons. The fourth-order valence-corrected chi connectivity index (χ4v) is 3.44. The van der Waals surface area contributed by atoms with E-state index in [1.54, 1.807) is 24.3 Å². The summed E-state index contributed by atoms with van der Waals surface area (Å²) in [6, 6.07) is 6.69. The normalized spacial score (nSPS) is 12.6. The van der Waals surface area contributed by atoms with Crippen molar-refractivity contribution >= 4 is 26.0 Å². The van der Waals surface area contributed by atoms with Crippen molar-refractivity contribution in [1.29, 1.82) is 0 Å². The summed E-state index contributed by atoms with van der Waals surface area (Å²) >= 11 is 3.30. The highest BCUT2D eigenvalue weighted by molar-refractivity contribution is 9.10. The van der Waals surface area contributed by atoms with Gasteiger partial charge < -0.3 is 0 Å². The maximum Gasteiger partial charge on any atom is 0.240 e. The Morgan fingerprint density at radius 3 is 2.30 bits per heavy atom. The Bertz CT molecular complexity index is 509. The van der Waals surface area contributed by atoms with Crippen molar-refractivity contribution < 1.29 is 8.42 Å². The lowest BCUT2D eigenvalue weighted by Gasteiger charge is -2.24. The number of hydrogen-bond donors (Lipinski definition) is 1. The minimum atomic E-state index is -3.41. The van der Waals surface area contributed by atoms with Crippen molar-refractivity contribution in [3.8, 4) is 0 Å². The summed E-state index contributed by atoms with van der Waals surface area (Å²) in [4.78, 5) is 0.310. The van der Waals surface area contributed by atoms with Gasteiger partial charge in [0, 0.05) is 11.0 Å². The van der Waals surface area contributed by atoms with Gasteiger partial charge in [0.2, 0.25) is 10.0 Å². The molecule has 5 heteroatoms. The van der Waals surface area contributed by atoms with Gasteiger partial charge in [-0.25, -0.2) is 13.1 Å². The quantitative estimate of drug-likeness (QED) is 0.700. The molecular weight excluding hydrogens is 338 g/mol. The molecule has 0 aromatic heterocycles. The summed E-state index contributed by atoms with van der Waals surface area (Å²) < 4.78 is 28.0. The summed E-state index contributed by atoms with van der Waals surface area (Å²) in [6.45, 7) is 6.85. The van der Waals surface area contributed by atoms with Gasteiger partial charge in [0.15, 0.2) is 0 Å². The van der Waals surface area contributed by atoms with Gasteiger partial charge in [-0.1, -0.05) is 56.0 Å². The number of unbranched alkanes of at least 4 members (excludes halogenated alkanes) is 2. The van der Waals surface area contributed by atoms with Crippen LogP contribution in [0.1, 0.15) is 46.5 Å². The SMILES string of the molecule is CCCCCC(C)(C)CNS(=O)(=O)c1ccc(Br)cc1. The molecule has 0 saturated carbocycles. The van der Waals surface area contributed by atoms with Crippen LogP contribution in [0.3, 0.4) is 0 Å². The van der Waals surface area contributed by atoms with Gasteiger partial charge in [-0.3, -0.25) is 0 Å². The Balaban J connectivity index is 2.61. The van der Waals surface area contributed by atoms with Crippen LogP contribution in [-0.4, -0.2) is 15.0 Å². The van der Waals surface area contributed by atoms with Crippen LogP contribution in [-0.2, 0) is 10.0 Å². The van der Waals surface area contributed by atoms with Crippen LogP contribution in [0.5, 0.6) is 0 Å². The second-order valence-electron chi connectivity index (χ2n) is 5.90. The second kappa shape index (κ2) is 7.57. The Morgan fingerprint density at radius 2 is 1.75 bits per heavy atom. The summed E-state index contributed by atoms with van der Waals surface area (Å²) in [7, 11) is -3.41. The van der Waals surface area contributed by atoms with Crippen LogP contribution in [0.15, 0.2) is 33.6 Å². The van der Waals surface area contributed by atoms with E-state index in [2.05, 4.69) is 41.4 Å². The van der Waals surface area contributed by atoms with E-state index in [9.17, 15) is 8.42 Å². The molecule has 0 atom stereocenters. The Labute approximate surface area is 131 Å². The van der Waals surface area contributed by atoms with E-state index in [1.165, 1.54) is 12.8 Å². The molecule has 20 heavy (non-hydrogen) atoms. The van der Waals surface area contributed by atoms with Crippen molar-refractivity contribution in [2.24, 2.45) is 5.41 Å². The third kappa shape index (κ3) is 5.94. The first-order valence-corrected chi connectivity index (χ1v) is 9.30. The maximum atomic E-state index is 12.2. The summed E-state index contributed by atoms with van der Waals surface area (Å²) in [5.74, 6) is 0. The maximum absolute atomic E-state index is 12.2. The van der Waals surface area contributed by atoms with E-state index >= 15 is 0 Å². The lowest BCUT2D eigenvalue weighted by molar-refractivity contribution is 0.320. The average Bonchev–Trinajstić information content (AvgIpc) is 2.37. The molecule has 0 heterocycles. The Hall–Kier alpha value is -0.390. The Kier molecular flexibility index (Phi) is 6.69. The van der Waals surface area contributed by atoms with Crippen LogP contribution in [0.4, 0.5) is 0 Å². The average molecular weight is 362 g/mol. The fraction of sp³-hybridized carbons (Fsp3) is 0.600. The molecule has 0 bridgehead atoms. The van der Waals surface area contributed by atoms with E-state index in [4.69, 9.17) is 0 Å². The van der Waals surface area contributed by atoms with Crippen molar-refractivity contribution in [2.75, 3.05) is 6.54 Å². The van der Waals surface area contributed by atoms with Crippen molar-refractivity contribution in [3.05, 3.63) is 28.7 Å².